The van der Waals surface area contributed by atoms with Gasteiger partial charge in [-0.05, 0) is 80.0 Å². The molecule has 0 saturated heterocycles. The Bertz CT molecular complexity index is 1580. The van der Waals surface area contributed by atoms with Crippen molar-refractivity contribution in [1.82, 2.24) is 4.98 Å². The minimum atomic E-state index is -4.14. The third kappa shape index (κ3) is 5.35. The summed E-state index contributed by atoms with van der Waals surface area (Å²) in [4.78, 5) is 16.3. The maximum Gasteiger partial charge on any atom is 0.255 e. The van der Waals surface area contributed by atoms with Crippen molar-refractivity contribution in [2.75, 3.05) is 5.32 Å². The first kappa shape index (κ1) is 29.5. The number of pyridine rings is 1. The first-order valence-electron chi connectivity index (χ1n) is 12.8. The van der Waals surface area contributed by atoms with Crippen LogP contribution in [-0.4, -0.2) is 51.6 Å². The molecule has 3 unspecified atom stereocenters. The normalized spacial score (nSPS) is 25.5. The van der Waals surface area contributed by atoms with Gasteiger partial charge in [0.1, 0.15) is 18.0 Å². The number of aliphatic hydroxyl groups excluding tert-OH is 2. The second-order valence-corrected chi connectivity index (χ2v) is 13.1. The molecular weight excluding hydrogens is 585 g/mol. The van der Waals surface area contributed by atoms with Crippen molar-refractivity contribution < 1.29 is 41.7 Å². The van der Waals surface area contributed by atoms with E-state index in [0.717, 1.165) is 36.5 Å². The summed E-state index contributed by atoms with van der Waals surface area (Å²) in [5.41, 5.74) is -1.96. The van der Waals surface area contributed by atoms with E-state index in [0.29, 0.717) is 12.8 Å². The van der Waals surface area contributed by atoms with Crippen molar-refractivity contribution in [2.24, 2.45) is 11.8 Å². The van der Waals surface area contributed by atoms with E-state index in [9.17, 15) is 41.7 Å². The third-order valence-corrected chi connectivity index (χ3v) is 10.9. The standard InChI is InChI=1S/C28H26ClF3N2O6S/c29-20-6-1-14(27(37)34-18-5-7-21(31)22(32)12-18)9-24(20)41(39,40)19-10-15-2-3-16(11-19)28(15,38)26(36)25(35)23-8-4-17(30)13-33-23/h1,4-9,12-13,15-16,19,25-26,35-36,38H,2-3,10-11H2,(H,34,37)/t15-,16?,19-,25?,26?,28-/m0/s1. The molecule has 2 aromatic carbocycles. The molecule has 2 fully saturated rings. The molecule has 0 radical (unpaired) electrons. The molecule has 6 atom stereocenters. The second kappa shape index (κ2) is 11.0. The smallest absolute Gasteiger partial charge is 0.255 e. The molecule has 5 rings (SSSR count). The predicted octanol–water partition coefficient (Wildman–Crippen LogP) is 4.19. The Morgan fingerprint density at radius 2 is 1.68 bits per heavy atom. The summed E-state index contributed by atoms with van der Waals surface area (Å²) in [6.45, 7) is 0. The summed E-state index contributed by atoms with van der Waals surface area (Å²) >= 11 is 6.26. The van der Waals surface area contributed by atoms with Gasteiger partial charge in [0.25, 0.3) is 5.91 Å². The summed E-state index contributed by atoms with van der Waals surface area (Å²) in [7, 11) is -4.14. The van der Waals surface area contributed by atoms with E-state index in [2.05, 4.69) is 10.3 Å². The molecule has 2 aliphatic carbocycles. The molecule has 13 heteroatoms. The maximum absolute atomic E-state index is 13.8. The van der Waals surface area contributed by atoms with E-state index < -0.39 is 68.1 Å². The summed E-state index contributed by atoms with van der Waals surface area (Å²) < 4.78 is 67.6. The number of hydrogen-bond acceptors (Lipinski definition) is 7. The van der Waals surface area contributed by atoms with Crippen molar-refractivity contribution in [1.29, 1.82) is 0 Å². The van der Waals surface area contributed by atoms with Crippen LogP contribution in [-0.2, 0) is 9.84 Å². The van der Waals surface area contributed by atoms with Crippen LogP contribution in [0, 0.1) is 29.3 Å². The molecule has 41 heavy (non-hydrogen) atoms. The fraction of sp³-hybridized carbons (Fsp3) is 0.357. The number of nitrogens with zero attached hydrogens (tertiary/aromatic N) is 1. The third-order valence-electron chi connectivity index (χ3n) is 8.21. The number of rotatable bonds is 7. The molecule has 4 N–H and O–H groups in total. The number of benzene rings is 2. The largest absolute Gasteiger partial charge is 0.387 e. The zero-order valence-electron chi connectivity index (χ0n) is 21.3. The minimum absolute atomic E-state index is 0.0343. The topological polar surface area (TPSA) is 137 Å². The highest BCUT2D eigenvalue weighted by Gasteiger charge is 2.60. The van der Waals surface area contributed by atoms with Crippen LogP contribution >= 0.6 is 11.6 Å². The number of fused-ring (bicyclic) bond motifs is 2. The Balaban J connectivity index is 1.36. The van der Waals surface area contributed by atoms with E-state index in [1.54, 1.807) is 0 Å². The molecule has 2 bridgehead atoms. The fourth-order valence-electron chi connectivity index (χ4n) is 6.07. The number of aliphatic hydroxyl groups is 3. The zero-order chi connectivity index (χ0) is 29.7. The Labute approximate surface area is 238 Å². The summed E-state index contributed by atoms with van der Waals surface area (Å²) in [6.07, 6.45) is -1.74. The first-order chi connectivity index (χ1) is 19.3. The van der Waals surface area contributed by atoms with Gasteiger partial charge in [0.05, 0.1) is 32.7 Å². The molecule has 1 heterocycles. The van der Waals surface area contributed by atoms with Gasteiger partial charge in [-0.25, -0.2) is 21.6 Å². The van der Waals surface area contributed by atoms with Crippen LogP contribution in [0.15, 0.2) is 59.6 Å². The summed E-state index contributed by atoms with van der Waals surface area (Å²) in [5.74, 6) is -5.04. The Morgan fingerprint density at radius 1 is 1.00 bits per heavy atom. The van der Waals surface area contributed by atoms with E-state index in [1.807, 2.05) is 0 Å². The number of halogens is 4. The Hall–Kier alpha value is -3.03. The molecule has 218 valence electrons. The summed E-state index contributed by atoms with van der Waals surface area (Å²) in [5, 5.41) is 34.6. The van der Waals surface area contributed by atoms with Crippen LogP contribution < -0.4 is 5.32 Å². The van der Waals surface area contributed by atoms with Gasteiger partial charge in [0.2, 0.25) is 0 Å². The number of amides is 1. The molecule has 0 spiro atoms. The van der Waals surface area contributed by atoms with Gasteiger partial charge in [-0.1, -0.05) is 11.6 Å². The van der Waals surface area contributed by atoms with Gasteiger partial charge in [-0.3, -0.25) is 9.78 Å². The number of sulfone groups is 1. The monoisotopic (exact) mass is 610 g/mol. The van der Waals surface area contributed by atoms with Crippen LogP contribution in [0.2, 0.25) is 5.02 Å². The average Bonchev–Trinajstić information content (AvgIpc) is 3.10. The van der Waals surface area contributed by atoms with Gasteiger partial charge in [-0.2, -0.15) is 0 Å². The maximum atomic E-state index is 13.8. The molecule has 3 aromatic rings. The van der Waals surface area contributed by atoms with Crippen LogP contribution in [0.25, 0.3) is 0 Å². The SMILES string of the molecule is O=C(Nc1ccc(F)c(F)c1)c1ccc(Cl)c(S(=O)(=O)[C@@H]2CC3CC[C@@H](C2)[C@@]3(O)C(O)C(O)c2ccc(F)cn2)c1. The van der Waals surface area contributed by atoms with Gasteiger partial charge >= 0.3 is 0 Å². The average molecular weight is 611 g/mol. The van der Waals surface area contributed by atoms with Crippen molar-refractivity contribution in [3.05, 3.63) is 88.5 Å². The lowest BCUT2D eigenvalue weighted by Crippen LogP contribution is -2.57. The number of carbonyl (C=O) groups is 1. The highest BCUT2D eigenvalue weighted by atomic mass is 35.5. The van der Waals surface area contributed by atoms with E-state index in [4.69, 9.17) is 11.6 Å². The van der Waals surface area contributed by atoms with Crippen LogP contribution in [0.1, 0.15) is 47.8 Å². The zero-order valence-corrected chi connectivity index (χ0v) is 22.9. The van der Waals surface area contributed by atoms with Crippen LogP contribution in [0.5, 0.6) is 0 Å². The molecule has 2 aliphatic rings. The van der Waals surface area contributed by atoms with Crippen LogP contribution in [0.3, 0.4) is 0 Å². The number of anilines is 1. The quantitative estimate of drug-likeness (QED) is 0.315. The van der Waals surface area contributed by atoms with E-state index in [1.165, 1.54) is 18.2 Å². The van der Waals surface area contributed by atoms with Gasteiger partial charge in [0, 0.05) is 17.3 Å². The van der Waals surface area contributed by atoms with Crippen LogP contribution in [0.4, 0.5) is 18.9 Å². The molecule has 2 saturated carbocycles. The predicted molar refractivity (Wildman–Crippen MR) is 142 cm³/mol. The van der Waals surface area contributed by atoms with Gasteiger partial charge in [-0.15, -0.1) is 0 Å². The summed E-state index contributed by atoms with van der Waals surface area (Å²) in [6, 6.07) is 8.69. The first-order valence-corrected chi connectivity index (χ1v) is 14.7. The molecule has 8 nitrogen and oxygen atoms in total. The molecular formula is C28H26ClF3N2O6S. The lowest BCUT2D eigenvalue weighted by atomic mass is 9.69. The van der Waals surface area contributed by atoms with Gasteiger partial charge in [0.15, 0.2) is 21.5 Å². The Kier molecular flexibility index (Phi) is 7.90. The van der Waals surface area contributed by atoms with Crippen molar-refractivity contribution in [3.63, 3.8) is 0 Å². The van der Waals surface area contributed by atoms with Gasteiger partial charge < -0.3 is 20.6 Å². The van der Waals surface area contributed by atoms with Crippen molar-refractivity contribution in [3.8, 4) is 0 Å². The molecule has 0 aliphatic heterocycles. The molecule has 1 amide bonds. The number of hydrogen-bond donors (Lipinski definition) is 4. The fourth-order valence-corrected chi connectivity index (χ4v) is 8.48. The number of carbonyl (C=O) groups excluding carboxylic acids is 1. The lowest BCUT2D eigenvalue weighted by Gasteiger charge is -2.46. The highest BCUT2D eigenvalue weighted by molar-refractivity contribution is 7.92. The number of nitrogens with one attached hydrogen (secondary N) is 1. The van der Waals surface area contributed by atoms with E-state index in [-0.39, 0.29) is 39.7 Å². The lowest BCUT2D eigenvalue weighted by molar-refractivity contribution is -0.178. The van der Waals surface area contributed by atoms with Crippen molar-refractivity contribution in [2.45, 2.75) is 53.6 Å². The Morgan fingerprint density at radius 3 is 2.29 bits per heavy atom. The van der Waals surface area contributed by atoms with Crippen molar-refractivity contribution >= 4 is 33.0 Å². The number of aromatic nitrogens is 1. The highest BCUT2D eigenvalue weighted by Crippen LogP contribution is 2.55. The molecule has 1 aromatic heterocycles. The minimum Gasteiger partial charge on any atom is -0.387 e. The second-order valence-electron chi connectivity index (χ2n) is 10.5. The van der Waals surface area contributed by atoms with E-state index >= 15 is 0 Å².